The van der Waals surface area contributed by atoms with Gasteiger partial charge in [-0.25, -0.2) is 0 Å². The normalized spacial score (nSPS) is 20.3. The quantitative estimate of drug-likeness (QED) is 0.195. The summed E-state index contributed by atoms with van der Waals surface area (Å²) in [6.45, 7) is -0.203. The molecule has 0 saturated heterocycles. The molecule has 2 amide bonds. The molecule has 0 aliphatic heterocycles. The second-order valence-corrected chi connectivity index (χ2v) is 12.3. The first-order valence-electron chi connectivity index (χ1n) is 15.0. The summed E-state index contributed by atoms with van der Waals surface area (Å²) in [5.74, 6) is 0.344. The number of amides is 2. The Balaban J connectivity index is 1.57. The molecule has 5 rings (SSSR count). The summed E-state index contributed by atoms with van der Waals surface area (Å²) in [5, 5.41) is 24.7. The topological polar surface area (TPSA) is 148 Å². The lowest BCUT2D eigenvalue weighted by atomic mass is 9.85. The van der Waals surface area contributed by atoms with Crippen molar-refractivity contribution in [2.45, 2.75) is 62.8 Å². The zero-order valence-electron chi connectivity index (χ0n) is 25.2. The van der Waals surface area contributed by atoms with Crippen LogP contribution in [-0.4, -0.2) is 84.9 Å². The van der Waals surface area contributed by atoms with Crippen molar-refractivity contribution in [1.29, 1.82) is 0 Å². The van der Waals surface area contributed by atoms with Crippen molar-refractivity contribution >= 4 is 51.7 Å². The van der Waals surface area contributed by atoms with Crippen LogP contribution in [0.3, 0.4) is 0 Å². The van der Waals surface area contributed by atoms with Gasteiger partial charge in [-0.1, -0.05) is 31.4 Å². The highest BCUT2D eigenvalue weighted by atomic mass is 127. The number of nitrogens with zero attached hydrogens (tertiary/aromatic N) is 1. The molecular formula is C33H37IN2O9. The SMILES string of the molecule is COc1cc(C=O)cc(I)c1OC1C=C(C(=O)NCCO)CC(N(C(=O)c2cc3cccc(OC)c3o2)C2CCCCC2)C1O. The van der Waals surface area contributed by atoms with E-state index in [4.69, 9.17) is 18.6 Å². The Morgan fingerprint density at radius 3 is 2.56 bits per heavy atom. The number of hydrogen-bond acceptors (Lipinski definition) is 9. The van der Waals surface area contributed by atoms with E-state index in [-0.39, 0.29) is 37.1 Å². The molecule has 3 atom stereocenters. The van der Waals surface area contributed by atoms with Gasteiger partial charge >= 0.3 is 0 Å². The first-order chi connectivity index (χ1) is 21.8. The van der Waals surface area contributed by atoms with Crippen molar-refractivity contribution in [1.82, 2.24) is 10.2 Å². The molecule has 1 saturated carbocycles. The maximum absolute atomic E-state index is 14.4. The Hall–Kier alpha value is -3.62. The number of furan rings is 1. The second-order valence-electron chi connectivity index (χ2n) is 11.2. The molecular weight excluding hydrogens is 695 g/mol. The number of aliphatic hydroxyl groups excluding tert-OH is 2. The molecule has 2 aromatic carbocycles. The van der Waals surface area contributed by atoms with Gasteiger partial charge in [-0.2, -0.15) is 0 Å². The maximum atomic E-state index is 14.4. The number of halogens is 1. The molecule has 1 heterocycles. The van der Waals surface area contributed by atoms with Crippen molar-refractivity contribution in [2.75, 3.05) is 27.4 Å². The Bertz CT molecular complexity index is 1580. The van der Waals surface area contributed by atoms with Crippen molar-refractivity contribution in [2.24, 2.45) is 0 Å². The highest BCUT2D eigenvalue weighted by Gasteiger charge is 2.44. The summed E-state index contributed by atoms with van der Waals surface area (Å²) in [5.41, 5.74) is 1.14. The van der Waals surface area contributed by atoms with Crippen molar-refractivity contribution in [3.63, 3.8) is 0 Å². The summed E-state index contributed by atoms with van der Waals surface area (Å²) in [7, 11) is 2.98. The Morgan fingerprint density at radius 2 is 1.87 bits per heavy atom. The highest BCUT2D eigenvalue weighted by Crippen LogP contribution is 2.39. The zero-order valence-corrected chi connectivity index (χ0v) is 27.3. The van der Waals surface area contributed by atoms with E-state index in [2.05, 4.69) is 5.32 Å². The number of rotatable bonds is 11. The number of fused-ring (bicyclic) bond motifs is 1. The Kier molecular flexibility index (Phi) is 10.7. The first-order valence-corrected chi connectivity index (χ1v) is 16.0. The average Bonchev–Trinajstić information content (AvgIpc) is 3.51. The molecule has 12 heteroatoms. The molecule has 240 valence electrons. The lowest BCUT2D eigenvalue weighted by molar-refractivity contribution is -0.118. The first kappa shape index (κ1) is 32.8. The standard InChI is InChI=1S/C33H37IN2O9/c1-42-25-10-6-7-20-16-28(45-30(20)25)33(41)36(22-8-4-3-5-9-22)24-15-21(32(40)35-11-12-37)17-26(29(24)39)44-31-23(34)13-19(18-38)14-27(31)43-2/h6-7,10,13-14,16-18,22,24,26,29,37,39H,3-5,8-9,11-12,15H2,1-2H3,(H,35,40). The number of benzene rings is 2. The van der Waals surface area contributed by atoms with Crippen molar-refractivity contribution in [3.8, 4) is 17.2 Å². The predicted octanol–water partition coefficient (Wildman–Crippen LogP) is 4.26. The van der Waals surface area contributed by atoms with E-state index >= 15 is 0 Å². The second kappa shape index (κ2) is 14.6. The van der Waals surface area contributed by atoms with Crippen LogP contribution in [-0.2, 0) is 4.79 Å². The van der Waals surface area contributed by atoms with E-state index in [9.17, 15) is 24.6 Å². The van der Waals surface area contributed by atoms with Crippen molar-refractivity contribution < 1.29 is 43.2 Å². The van der Waals surface area contributed by atoms with Gasteiger partial charge in [0.15, 0.2) is 28.6 Å². The molecule has 0 radical (unpaired) electrons. The molecule has 0 spiro atoms. The van der Waals surface area contributed by atoms with E-state index in [0.717, 1.165) is 32.1 Å². The van der Waals surface area contributed by atoms with Crippen molar-refractivity contribution in [3.05, 3.63) is 62.9 Å². The van der Waals surface area contributed by atoms with Gasteiger partial charge in [-0.3, -0.25) is 14.4 Å². The van der Waals surface area contributed by atoms with Crippen LogP contribution in [0.5, 0.6) is 17.2 Å². The molecule has 1 fully saturated rings. The molecule has 3 unspecified atom stereocenters. The smallest absolute Gasteiger partial charge is 0.290 e. The van der Waals surface area contributed by atoms with Gasteiger partial charge in [0.25, 0.3) is 5.91 Å². The number of aldehydes is 1. The number of hydrogen-bond donors (Lipinski definition) is 3. The van der Waals surface area contributed by atoms with E-state index < -0.39 is 30.1 Å². The molecule has 3 aromatic rings. The number of methoxy groups -OCH3 is 2. The molecule has 1 aromatic heterocycles. The largest absolute Gasteiger partial charge is 0.493 e. The van der Waals surface area contributed by atoms with E-state index in [0.29, 0.717) is 43.5 Å². The third-order valence-corrected chi connectivity index (χ3v) is 9.16. The van der Waals surface area contributed by atoms with Gasteiger partial charge in [-0.05, 0) is 65.8 Å². The van der Waals surface area contributed by atoms with E-state index in [1.165, 1.54) is 20.3 Å². The predicted molar refractivity (Wildman–Crippen MR) is 174 cm³/mol. The Morgan fingerprint density at radius 1 is 1.11 bits per heavy atom. The van der Waals surface area contributed by atoms with E-state index in [1.54, 1.807) is 29.2 Å². The minimum Gasteiger partial charge on any atom is -0.493 e. The van der Waals surface area contributed by atoms with Crippen LogP contribution >= 0.6 is 22.6 Å². The third-order valence-electron chi connectivity index (χ3n) is 8.35. The summed E-state index contributed by atoms with van der Waals surface area (Å²) < 4.78 is 23.9. The maximum Gasteiger partial charge on any atom is 0.290 e. The fourth-order valence-electron chi connectivity index (χ4n) is 6.18. The highest BCUT2D eigenvalue weighted by molar-refractivity contribution is 14.1. The molecule has 2 aliphatic carbocycles. The third kappa shape index (κ3) is 6.97. The minimum absolute atomic E-state index is 0.0416. The Labute approximate surface area is 274 Å². The molecule has 45 heavy (non-hydrogen) atoms. The van der Waals surface area contributed by atoms with Crippen LogP contribution in [0.1, 0.15) is 59.4 Å². The zero-order chi connectivity index (χ0) is 32.1. The summed E-state index contributed by atoms with van der Waals surface area (Å²) in [6, 6.07) is 9.18. The van der Waals surface area contributed by atoms with Gasteiger partial charge in [-0.15, -0.1) is 0 Å². The number of nitrogens with one attached hydrogen (secondary N) is 1. The molecule has 2 aliphatic rings. The average molecular weight is 733 g/mol. The fourth-order valence-corrected chi connectivity index (χ4v) is 6.93. The summed E-state index contributed by atoms with van der Waals surface area (Å²) >= 11 is 2.02. The van der Waals surface area contributed by atoms with Gasteiger partial charge in [0.05, 0.1) is 30.4 Å². The summed E-state index contributed by atoms with van der Waals surface area (Å²) in [6.07, 6.45) is 4.36. The summed E-state index contributed by atoms with van der Waals surface area (Å²) in [4.78, 5) is 40.8. The van der Waals surface area contributed by atoms with Gasteiger partial charge in [0.2, 0.25) is 5.91 Å². The number of ether oxygens (including phenoxy) is 3. The number of carbonyl (C=O) groups excluding carboxylic acids is 3. The molecule has 0 bridgehead atoms. The van der Waals surface area contributed by atoms with Gasteiger partial charge < -0.3 is 39.1 Å². The number of para-hydroxylation sites is 1. The monoisotopic (exact) mass is 732 g/mol. The van der Waals surface area contributed by atoms with Crippen LogP contribution in [0.25, 0.3) is 11.0 Å². The molecule has 3 N–H and O–H groups in total. The molecule has 11 nitrogen and oxygen atoms in total. The number of carbonyl (C=O) groups is 3. The van der Waals surface area contributed by atoms with Crippen LogP contribution < -0.4 is 19.5 Å². The lowest BCUT2D eigenvalue weighted by Gasteiger charge is -2.44. The number of aliphatic hydroxyl groups is 2. The van der Waals surface area contributed by atoms with E-state index in [1.807, 2.05) is 34.7 Å². The van der Waals surface area contributed by atoms with Crippen LogP contribution in [0.4, 0.5) is 0 Å². The lowest BCUT2D eigenvalue weighted by Crippen LogP contribution is -2.58. The van der Waals surface area contributed by atoms with Crippen LogP contribution in [0, 0.1) is 3.57 Å². The van der Waals surface area contributed by atoms with Gasteiger partial charge in [0.1, 0.15) is 18.5 Å². The minimum atomic E-state index is -1.24. The van der Waals surface area contributed by atoms with Crippen LogP contribution in [0.15, 0.2) is 52.5 Å². The fraction of sp³-hybridized carbons (Fsp3) is 0.424. The van der Waals surface area contributed by atoms with Crippen LogP contribution in [0.2, 0.25) is 0 Å². The van der Waals surface area contributed by atoms with Gasteiger partial charge in [0, 0.05) is 35.5 Å².